The first-order valence-electron chi connectivity index (χ1n) is 7.99. The Morgan fingerprint density at radius 1 is 1.32 bits per heavy atom. The number of amides is 1. The molecule has 2 heterocycles. The van der Waals surface area contributed by atoms with Crippen LogP contribution in [-0.2, 0) is 16.0 Å². The molecule has 0 unspecified atom stereocenters. The fraction of sp³-hybridized carbons (Fsp3) is 0.263. The molecule has 25 heavy (non-hydrogen) atoms. The first kappa shape index (κ1) is 17.6. The van der Waals surface area contributed by atoms with Gasteiger partial charge in [-0.25, -0.2) is 4.39 Å². The average Bonchev–Trinajstić information content (AvgIpc) is 2.99. The molecule has 4 nitrogen and oxygen atoms in total. The van der Waals surface area contributed by atoms with Gasteiger partial charge in [-0.3, -0.25) is 9.59 Å². The Labute approximate surface area is 153 Å². The van der Waals surface area contributed by atoms with E-state index in [0.29, 0.717) is 35.0 Å². The van der Waals surface area contributed by atoms with Crippen LogP contribution in [0, 0.1) is 19.7 Å². The summed E-state index contributed by atoms with van der Waals surface area (Å²) in [5.41, 5.74) is 5.13. The van der Waals surface area contributed by atoms with E-state index in [4.69, 9.17) is 0 Å². The Bertz CT molecular complexity index is 899. The Morgan fingerprint density at radius 2 is 2.08 bits per heavy atom. The zero-order valence-corrected chi connectivity index (χ0v) is 15.6. The van der Waals surface area contributed by atoms with Gasteiger partial charge in [0, 0.05) is 40.8 Å². The summed E-state index contributed by atoms with van der Waals surface area (Å²) in [6.45, 7) is 3.83. The summed E-state index contributed by atoms with van der Waals surface area (Å²) in [5, 5.41) is 3.38. The smallest absolute Gasteiger partial charge is 0.256 e. The molecule has 1 aliphatic rings. The summed E-state index contributed by atoms with van der Waals surface area (Å²) in [6.07, 6.45) is 2.57. The molecule has 1 aromatic carbocycles. The number of fused-ring (bicyclic) bond motifs is 1. The summed E-state index contributed by atoms with van der Waals surface area (Å²) in [4.78, 5) is 27.4. The van der Waals surface area contributed by atoms with Gasteiger partial charge in [-0.15, -0.1) is 0 Å². The average molecular weight is 405 g/mol. The third kappa shape index (κ3) is 3.44. The predicted octanol–water partition coefficient (Wildman–Crippen LogP) is 4.16. The van der Waals surface area contributed by atoms with Crippen LogP contribution in [0.4, 0.5) is 10.1 Å². The van der Waals surface area contributed by atoms with Gasteiger partial charge in [-0.2, -0.15) is 0 Å². The van der Waals surface area contributed by atoms with Crippen LogP contribution in [0.25, 0.3) is 11.6 Å². The number of hydrogen-bond donors (Lipinski definition) is 2. The molecule has 3 rings (SSSR count). The van der Waals surface area contributed by atoms with E-state index in [1.165, 1.54) is 12.1 Å². The van der Waals surface area contributed by atoms with Crippen LogP contribution in [0.2, 0.25) is 0 Å². The molecule has 6 heteroatoms. The summed E-state index contributed by atoms with van der Waals surface area (Å²) in [5.74, 6) is -0.488. The second-order valence-corrected chi connectivity index (χ2v) is 6.92. The van der Waals surface area contributed by atoms with E-state index in [0.717, 1.165) is 22.5 Å². The molecule has 2 N–H and O–H groups in total. The van der Waals surface area contributed by atoms with Gasteiger partial charge >= 0.3 is 0 Å². The van der Waals surface area contributed by atoms with Crippen LogP contribution in [0.5, 0.6) is 0 Å². The molecule has 1 aromatic heterocycles. The standard InChI is InChI=1S/C19H18BrFN2O2/c1-10-14(8-13(24)5-6-20)11(2)22-18(10)9-16-15-7-12(21)3-4-17(15)23-19(16)25/h3-4,7,9,22H,5-6,8H2,1-2H3,(H,23,25)/b16-9-. The highest BCUT2D eigenvalue weighted by atomic mass is 79.9. The Kier molecular flexibility index (Phi) is 4.90. The van der Waals surface area contributed by atoms with E-state index in [1.54, 1.807) is 12.1 Å². The third-order valence-electron chi connectivity index (χ3n) is 4.43. The third-order valence-corrected chi connectivity index (χ3v) is 4.83. The maximum absolute atomic E-state index is 13.5. The van der Waals surface area contributed by atoms with Gasteiger partial charge in [-0.05, 0) is 49.2 Å². The minimum atomic E-state index is -0.387. The number of carbonyl (C=O) groups is 2. The zero-order valence-electron chi connectivity index (χ0n) is 14.0. The SMILES string of the molecule is Cc1[nH]c(/C=C2\C(=O)Nc3ccc(F)cc32)c(C)c1CC(=O)CCBr. The van der Waals surface area contributed by atoms with Crippen LogP contribution in [0.15, 0.2) is 18.2 Å². The summed E-state index contributed by atoms with van der Waals surface area (Å²) in [7, 11) is 0. The van der Waals surface area contributed by atoms with Gasteiger partial charge in [0.2, 0.25) is 0 Å². The van der Waals surface area contributed by atoms with Crippen molar-refractivity contribution in [3.8, 4) is 0 Å². The summed E-state index contributed by atoms with van der Waals surface area (Å²) in [6, 6.07) is 4.23. The van der Waals surface area contributed by atoms with E-state index in [1.807, 2.05) is 13.8 Å². The van der Waals surface area contributed by atoms with Crippen molar-refractivity contribution >= 4 is 45.0 Å². The van der Waals surface area contributed by atoms with Crippen molar-refractivity contribution in [3.63, 3.8) is 0 Å². The molecule has 0 radical (unpaired) electrons. The molecule has 0 saturated carbocycles. The van der Waals surface area contributed by atoms with Gasteiger partial charge in [0.15, 0.2) is 0 Å². The molecule has 0 fully saturated rings. The first-order valence-corrected chi connectivity index (χ1v) is 9.11. The number of aryl methyl sites for hydroxylation is 1. The fourth-order valence-electron chi connectivity index (χ4n) is 3.06. The number of aromatic amines is 1. The van der Waals surface area contributed by atoms with Crippen LogP contribution in [-0.4, -0.2) is 22.0 Å². The molecule has 0 aliphatic carbocycles. The predicted molar refractivity (Wildman–Crippen MR) is 100 cm³/mol. The van der Waals surface area contributed by atoms with Crippen molar-refractivity contribution in [3.05, 3.63) is 52.1 Å². The number of Topliss-reactive ketones (excluding diaryl/α,β-unsaturated/α-hetero) is 1. The summed E-state index contributed by atoms with van der Waals surface area (Å²) >= 11 is 3.28. The van der Waals surface area contributed by atoms with Crippen LogP contribution in [0.3, 0.4) is 0 Å². The lowest BCUT2D eigenvalue weighted by atomic mass is 10.0. The second-order valence-electron chi connectivity index (χ2n) is 6.12. The van der Waals surface area contributed by atoms with Gasteiger partial charge < -0.3 is 10.3 Å². The van der Waals surface area contributed by atoms with E-state index in [-0.39, 0.29) is 17.5 Å². The molecular formula is C19H18BrFN2O2. The fourth-order valence-corrected chi connectivity index (χ4v) is 3.51. The number of nitrogens with one attached hydrogen (secondary N) is 2. The number of hydrogen-bond acceptors (Lipinski definition) is 2. The molecule has 130 valence electrons. The number of benzene rings is 1. The minimum absolute atomic E-state index is 0.160. The van der Waals surface area contributed by atoms with E-state index in [2.05, 4.69) is 26.2 Å². The zero-order chi connectivity index (χ0) is 18.1. The van der Waals surface area contributed by atoms with E-state index < -0.39 is 0 Å². The molecule has 0 saturated heterocycles. The largest absolute Gasteiger partial charge is 0.359 e. The second kappa shape index (κ2) is 6.96. The van der Waals surface area contributed by atoms with Gasteiger partial charge in [0.05, 0.1) is 5.57 Å². The lowest BCUT2D eigenvalue weighted by molar-refractivity contribution is -0.118. The Hall–Kier alpha value is -2.21. The molecule has 2 aromatic rings. The number of aromatic nitrogens is 1. The lowest BCUT2D eigenvalue weighted by Crippen LogP contribution is -2.04. The number of H-pyrrole nitrogens is 1. The monoisotopic (exact) mass is 404 g/mol. The first-order chi connectivity index (χ1) is 11.9. The molecule has 1 amide bonds. The van der Waals surface area contributed by atoms with Crippen molar-refractivity contribution in [2.24, 2.45) is 0 Å². The number of ketones is 1. The quantitative estimate of drug-likeness (QED) is 0.580. The number of halogens is 2. The topological polar surface area (TPSA) is 62.0 Å². The Balaban J connectivity index is 1.99. The van der Waals surface area contributed by atoms with Crippen LogP contribution < -0.4 is 5.32 Å². The minimum Gasteiger partial charge on any atom is -0.359 e. The van der Waals surface area contributed by atoms with Crippen molar-refractivity contribution in [2.75, 3.05) is 10.6 Å². The molecule has 1 aliphatic heterocycles. The number of anilines is 1. The molecule has 0 bridgehead atoms. The normalized spacial score (nSPS) is 14.7. The van der Waals surface area contributed by atoms with E-state index >= 15 is 0 Å². The highest BCUT2D eigenvalue weighted by Crippen LogP contribution is 2.34. The highest BCUT2D eigenvalue weighted by Gasteiger charge is 2.25. The van der Waals surface area contributed by atoms with Crippen molar-refractivity contribution in [1.29, 1.82) is 0 Å². The molecular weight excluding hydrogens is 387 g/mol. The lowest BCUT2D eigenvalue weighted by Gasteiger charge is -2.01. The highest BCUT2D eigenvalue weighted by molar-refractivity contribution is 9.09. The van der Waals surface area contributed by atoms with Crippen LogP contribution >= 0.6 is 15.9 Å². The van der Waals surface area contributed by atoms with Crippen molar-refractivity contribution in [1.82, 2.24) is 4.98 Å². The van der Waals surface area contributed by atoms with Crippen LogP contribution in [0.1, 0.15) is 34.5 Å². The number of alkyl halides is 1. The van der Waals surface area contributed by atoms with Gasteiger partial charge in [-0.1, -0.05) is 15.9 Å². The maximum Gasteiger partial charge on any atom is 0.256 e. The molecule has 0 atom stereocenters. The maximum atomic E-state index is 13.5. The van der Waals surface area contributed by atoms with E-state index in [9.17, 15) is 14.0 Å². The number of rotatable bonds is 5. The van der Waals surface area contributed by atoms with Crippen molar-refractivity contribution in [2.45, 2.75) is 26.7 Å². The summed E-state index contributed by atoms with van der Waals surface area (Å²) < 4.78 is 13.5. The Morgan fingerprint density at radius 3 is 2.80 bits per heavy atom. The number of carbonyl (C=O) groups excluding carboxylic acids is 2. The molecule has 0 spiro atoms. The van der Waals surface area contributed by atoms with Gasteiger partial charge in [0.1, 0.15) is 11.6 Å². The van der Waals surface area contributed by atoms with Crippen molar-refractivity contribution < 1.29 is 14.0 Å². The van der Waals surface area contributed by atoms with Gasteiger partial charge in [0.25, 0.3) is 5.91 Å².